The Morgan fingerprint density at radius 1 is 1.22 bits per heavy atom. The summed E-state index contributed by atoms with van der Waals surface area (Å²) in [5.41, 5.74) is 1.91. The minimum atomic E-state index is -0.319. The standard InChI is InChI=1S/C13H13BrFN3/c1-16-13(10-4-12(15)8-18-6-10)3-9-2-11(14)7-17-5-9/h2,4-8,13,16H,3H2,1H3. The second kappa shape index (κ2) is 6.02. The number of halogens is 2. The van der Waals surface area contributed by atoms with E-state index in [-0.39, 0.29) is 11.9 Å². The van der Waals surface area contributed by atoms with Gasteiger partial charge in [-0.25, -0.2) is 4.39 Å². The van der Waals surface area contributed by atoms with Crippen LogP contribution in [0.4, 0.5) is 4.39 Å². The smallest absolute Gasteiger partial charge is 0.141 e. The minimum absolute atomic E-state index is 0.0179. The largest absolute Gasteiger partial charge is 0.313 e. The number of nitrogens with one attached hydrogen (secondary N) is 1. The molecule has 94 valence electrons. The molecule has 1 unspecified atom stereocenters. The zero-order chi connectivity index (χ0) is 13.0. The Morgan fingerprint density at radius 3 is 2.67 bits per heavy atom. The van der Waals surface area contributed by atoms with Gasteiger partial charge in [0.1, 0.15) is 5.82 Å². The van der Waals surface area contributed by atoms with Crippen molar-refractivity contribution < 1.29 is 4.39 Å². The molecule has 2 aromatic heterocycles. The van der Waals surface area contributed by atoms with Gasteiger partial charge in [0.2, 0.25) is 0 Å². The van der Waals surface area contributed by atoms with Gasteiger partial charge in [-0.05, 0) is 52.7 Å². The first-order valence-electron chi connectivity index (χ1n) is 5.56. The molecule has 2 rings (SSSR count). The predicted molar refractivity (Wildman–Crippen MR) is 71.6 cm³/mol. The van der Waals surface area contributed by atoms with Gasteiger partial charge in [-0.15, -0.1) is 0 Å². The van der Waals surface area contributed by atoms with E-state index in [9.17, 15) is 4.39 Å². The van der Waals surface area contributed by atoms with Gasteiger partial charge in [-0.1, -0.05) is 0 Å². The second-order valence-corrected chi connectivity index (χ2v) is 4.91. The Bertz CT molecular complexity index is 533. The summed E-state index contributed by atoms with van der Waals surface area (Å²) in [4.78, 5) is 7.99. The van der Waals surface area contributed by atoms with Gasteiger partial charge in [-0.2, -0.15) is 0 Å². The molecule has 0 aliphatic heterocycles. The van der Waals surface area contributed by atoms with Crippen LogP contribution in [0.1, 0.15) is 17.2 Å². The molecule has 0 amide bonds. The summed E-state index contributed by atoms with van der Waals surface area (Å²) in [7, 11) is 1.85. The van der Waals surface area contributed by atoms with Crippen LogP contribution in [-0.4, -0.2) is 17.0 Å². The number of hydrogen-bond acceptors (Lipinski definition) is 3. The topological polar surface area (TPSA) is 37.8 Å². The van der Waals surface area contributed by atoms with Crippen LogP contribution in [0.15, 0.2) is 41.4 Å². The Morgan fingerprint density at radius 2 is 2.00 bits per heavy atom. The molecule has 5 heteroatoms. The van der Waals surface area contributed by atoms with Crippen molar-refractivity contribution in [3.63, 3.8) is 0 Å². The van der Waals surface area contributed by atoms with Gasteiger partial charge >= 0.3 is 0 Å². The monoisotopic (exact) mass is 309 g/mol. The fourth-order valence-electron chi connectivity index (χ4n) is 1.81. The molecule has 0 spiro atoms. The molecule has 0 aliphatic carbocycles. The number of nitrogens with zero attached hydrogens (tertiary/aromatic N) is 2. The zero-order valence-corrected chi connectivity index (χ0v) is 11.5. The summed E-state index contributed by atoms with van der Waals surface area (Å²) in [5.74, 6) is -0.319. The molecular formula is C13H13BrFN3. The maximum Gasteiger partial charge on any atom is 0.141 e. The maximum atomic E-state index is 13.2. The summed E-state index contributed by atoms with van der Waals surface area (Å²) in [6.07, 6.45) is 7.16. The number of pyridine rings is 2. The highest BCUT2D eigenvalue weighted by atomic mass is 79.9. The van der Waals surface area contributed by atoms with Crippen molar-refractivity contribution in [2.45, 2.75) is 12.5 Å². The number of hydrogen-bond donors (Lipinski definition) is 1. The van der Waals surface area contributed by atoms with Crippen molar-refractivity contribution in [3.05, 3.63) is 58.3 Å². The lowest BCUT2D eigenvalue weighted by atomic mass is 10.0. The fourth-order valence-corrected chi connectivity index (χ4v) is 2.22. The molecule has 2 heterocycles. The van der Waals surface area contributed by atoms with Crippen LogP contribution in [-0.2, 0) is 6.42 Å². The molecule has 0 bridgehead atoms. The van der Waals surface area contributed by atoms with Crippen LogP contribution in [0.25, 0.3) is 0 Å². The predicted octanol–water partition coefficient (Wildman–Crippen LogP) is 2.88. The Labute approximate surface area is 114 Å². The summed E-state index contributed by atoms with van der Waals surface area (Å²) in [6, 6.07) is 3.52. The molecule has 3 nitrogen and oxygen atoms in total. The Balaban J connectivity index is 2.19. The molecule has 0 radical (unpaired) electrons. The van der Waals surface area contributed by atoms with Crippen LogP contribution in [0, 0.1) is 5.82 Å². The molecule has 2 aromatic rings. The van der Waals surface area contributed by atoms with Crippen LogP contribution < -0.4 is 5.32 Å². The van der Waals surface area contributed by atoms with E-state index < -0.39 is 0 Å². The third-order valence-corrected chi connectivity index (χ3v) is 3.11. The van der Waals surface area contributed by atoms with Crippen molar-refractivity contribution in [2.24, 2.45) is 0 Å². The van der Waals surface area contributed by atoms with Crippen LogP contribution in [0.5, 0.6) is 0 Å². The quantitative estimate of drug-likeness (QED) is 0.943. The summed E-state index contributed by atoms with van der Waals surface area (Å²) in [6.45, 7) is 0. The maximum absolute atomic E-state index is 13.2. The molecule has 0 aliphatic rings. The van der Waals surface area contributed by atoms with E-state index in [0.717, 1.165) is 22.0 Å². The van der Waals surface area contributed by atoms with Gasteiger partial charge in [0.25, 0.3) is 0 Å². The first-order chi connectivity index (χ1) is 8.69. The average molecular weight is 310 g/mol. The molecule has 18 heavy (non-hydrogen) atoms. The average Bonchev–Trinajstić information content (AvgIpc) is 2.36. The molecule has 0 saturated carbocycles. The van der Waals surface area contributed by atoms with E-state index in [0.29, 0.717) is 0 Å². The highest BCUT2D eigenvalue weighted by molar-refractivity contribution is 9.10. The van der Waals surface area contributed by atoms with E-state index >= 15 is 0 Å². The van der Waals surface area contributed by atoms with Gasteiger partial charge in [-0.3, -0.25) is 9.97 Å². The Hall–Kier alpha value is -1.33. The number of aromatic nitrogens is 2. The van der Waals surface area contributed by atoms with E-state index in [1.807, 2.05) is 19.3 Å². The lowest BCUT2D eigenvalue weighted by Crippen LogP contribution is -2.19. The molecule has 0 fully saturated rings. The highest BCUT2D eigenvalue weighted by Gasteiger charge is 2.11. The number of likely N-dealkylation sites (N-methyl/N-ethyl adjacent to an activating group) is 1. The van der Waals surface area contributed by atoms with Crippen LogP contribution in [0.2, 0.25) is 0 Å². The van der Waals surface area contributed by atoms with Crippen molar-refractivity contribution >= 4 is 15.9 Å². The summed E-state index contributed by atoms with van der Waals surface area (Å²) in [5, 5.41) is 3.16. The highest BCUT2D eigenvalue weighted by Crippen LogP contribution is 2.19. The zero-order valence-electron chi connectivity index (χ0n) is 9.90. The van der Waals surface area contributed by atoms with E-state index in [2.05, 4.69) is 31.2 Å². The first kappa shape index (κ1) is 13.1. The minimum Gasteiger partial charge on any atom is -0.313 e. The van der Waals surface area contributed by atoms with Crippen molar-refractivity contribution in [3.8, 4) is 0 Å². The molecule has 1 N–H and O–H groups in total. The van der Waals surface area contributed by atoms with E-state index in [1.54, 1.807) is 12.4 Å². The first-order valence-corrected chi connectivity index (χ1v) is 6.35. The van der Waals surface area contributed by atoms with Crippen molar-refractivity contribution in [1.82, 2.24) is 15.3 Å². The fraction of sp³-hybridized carbons (Fsp3) is 0.231. The molecule has 0 aromatic carbocycles. The lowest BCUT2D eigenvalue weighted by Gasteiger charge is -2.16. The van der Waals surface area contributed by atoms with Crippen molar-refractivity contribution in [1.29, 1.82) is 0 Å². The second-order valence-electron chi connectivity index (χ2n) is 3.99. The van der Waals surface area contributed by atoms with E-state index in [1.165, 1.54) is 12.3 Å². The van der Waals surface area contributed by atoms with Crippen LogP contribution >= 0.6 is 15.9 Å². The summed E-state index contributed by atoms with van der Waals surface area (Å²) >= 11 is 3.39. The molecule has 1 atom stereocenters. The van der Waals surface area contributed by atoms with Gasteiger partial charge in [0, 0.05) is 29.1 Å². The van der Waals surface area contributed by atoms with Gasteiger partial charge in [0.15, 0.2) is 0 Å². The van der Waals surface area contributed by atoms with Crippen LogP contribution in [0.3, 0.4) is 0 Å². The van der Waals surface area contributed by atoms with Crippen molar-refractivity contribution in [2.75, 3.05) is 7.05 Å². The SMILES string of the molecule is CNC(Cc1cncc(Br)c1)c1cncc(F)c1. The third kappa shape index (κ3) is 3.34. The lowest BCUT2D eigenvalue weighted by molar-refractivity contribution is 0.571. The van der Waals surface area contributed by atoms with Gasteiger partial charge < -0.3 is 5.32 Å². The van der Waals surface area contributed by atoms with E-state index in [4.69, 9.17) is 0 Å². The third-order valence-electron chi connectivity index (χ3n) is 2.68. The molecular weight excluding hydrogens is 297 g/mol. The molecule has 0 saturated heterocycles. The number of rotatable bonds is 4. The Kier molecular flexibility index (Phi) is 4.38. The van der Waals surface area contributed by atoms with Gasteiger partial charge in [0.05, 0.1) is 6.20 Å². The normalized spacial score (nSPS) is 12.4. The summed E-state index contributed by atoms with van der Waals surface area (Å²) < 4.78 is 14.1.